The van der Waals surface area contributed by atoms with Crippen LogP contribution in [0.25, 0.3) is 10.8 Å². The average molecular weight is 263 g/mol. The average Bonchev–Trinajstić information content (AvgIpc) is 2.94. The Labute approximate surface area is 117 Å². The smallest absolute Gasteiger partial charge is 0.338 e. The standard InChI is InChI=1S/C17H13NO2/c18-11-12-5-8-16(9-12)20-17(19)15-7-6-13-3-1-2-4-14(13)10-15/h1-4,6-7,9-10,16H,5,8H2/t16-/m0/s1. The molecule has 0 fully saturated rings. The number of carbonyl (C=O) groups excluding carboxylic acids is 1. The zero-order chi connectivity index (χ0) is 13.9. The van der Waals surface area contributed by atoms with E-state index in [1.807, 2.05) is 36.4 Å². The van der Waals surface area contributed by atoms with Gasteiger partial charge in [-0.2, -0.15) is 5.26 Å². The Balaban J connectivity index is 1.79. The van der Waals surface area contributed by atoms with Gasteiger partial charge in [-0.1, -0.05) is 30.3 Å². The van der Waals surface area contributed by atoms with Gasteiger partial charge in [0.15, 0.2) is 0 Å². The first-order valence-electron chi connectivity index (χ1n) is 6.57. The maximum absolute atomic E-state index is 12.1. The number of hydrogen-bond donors (Lipinski definition) is 0. The molecule has 0 radical (unpaired) electrons. The Kier molecular flexibility index (Phi) is 3.22. The molecule has 3 nitrogen and oxygen atoms in total. The van der Waals surface area contributed by atoms with Crippen molar-refractivity contribution in [3.63, 3.8) is 0 Å². The highest BCUT2D eigenvalue weighted by Crippen LogP contribution is 2.22. The van der Waals surface area contributed by atoms with E-state index in [0.717, 1.165) is 10.8 Å². The highest BCUT2D eigenvalue weighted by molar-refractivity contribution is 5.95. The van der Waals surface area contributed by atoms with Crippen LogP contribution in [0.5, 0.6) is 0 Å². The lowest BCUT2D eigenvalue weighted by Gasteiger charge is -2.10. The minimum atomic E-state index is -0.337. The van der Waals surface area contributed by atoms with Gasteiger partial charge in [0.05, 0.1) is 11.6 Å². The van der Waals surface area contributed by atoms with E-state index in [-0.39, 0.29) is 12.1 Å². The number of hydrogen-bond acceptors (Lipinski definition) is 3. The molecular formula is C17H13NO2. The van der Waals surface area contributed by atoms with Crippen molar-refractivity contribution >= 4 is 16.7 Å². The minimum absolute atomic E-state index is 0.274. The summed E-state index contributed by atoms with van der Waals surface area (Å²) in [5.41, 5.74) is 1.24. The van der Waals surface area contributed by atoms with E-state index in [9.17, 15) is 4.79 Å². The van der Waals surface area contributed by atoms with Crippen LogP contribution in [0.2, 0.25) is 0 Å². The zero-order valence-corrected chi connectivity index (χ0v) is 10.9. The number of fused-ring (bicyclic) bond motifs is 1. The maximum Gasteiger partial charge on any atom is 0.338 e. The molecule has 1 aliphatic rings. The Bertz CT molecular complexity index is 740. The van der Waals surface area contributed by atoms with Crippen LogP contribution in [-0.4, -0.2) is 12.1 Å². The SMILES string of the molecule is N#CC1=C[C@@H](OC(=O)c2ccc3ccccc3c2)CC1. The van der Waals surface area contributed by atoms with Crippen molar-refractivity contribution < 1.29 is 9.53 Å². The minimum Gasteiger partial charge on any atom is -0.454 e. The first-order chi connectivity index (χ1) is 9.76. The fourth-order valence-corrected chi connectivity index (χ4v) is 2.40. The first-order valence-corrected chi connectivity index (χ1v) is 6.57. The predicted octanol–water partition coefficient (Wildman–Crippen LogP) is 3.61. The summed E-state index contributed by atoms with van der Waals surface area (Å²) in [4.78, 5) is 12.1. The molecule has 0 bridgehead atoms. The number of carbonyl (C=O) groups is 1. The van der Waals surface area contributed by atoms with Crippen LogP contribution < -0.4 is 0 Å². The number of esters is 1. The number of rotatable bonds is 2. The number of nitriles is 1. The van der Waals surface area contributed by atoms with Crippen molar-refractivity contribution in [2.75, 3.05) is 0 Å². The highest BCUT2D eigenvalue weighted by atomic mass is 16.5. The van der Waals surface area contributed by atoms with Crippen molar-refractivity contribution in [2.45, 2.75) is 18.9 Å². The summed E-state index contributed by atoms with van der Waals surface area (Å²) in [6, 6.07) is 15.5. The number of nitrogens with zero attached hydrogens (tertiary/aromatic N) is 1. The van der Waals surface area contributed by atoms with E-state index in [0.29, 0.717) is 24.0 Å². The quantitative estimate of drug-likeness (QED) is 0.778. The van der Waals surface area contributed by atoms with Crippen molar-refractivity contribution in [3.05, 3.63) is 59.7 Å². The van der Waals surface area contributed by atoms with Gasteiger partial charge in [-0.05, 0) is 41.8 Å². The molecule has 0 aromatic heterocycles. The zero-order valence-electron chi connectivity index (χ0n) is 10.9. The van der Waals surface area contributed by atoms with Crippen LogP contribution in [0.15, 0.2) is 54.1 Å². The molecule has 3 rings (SSSR count). The molecule has 0 saturated heterocycles. The van der Waals surface area contributed by atoms with Crippen LogP contribution in [0.4, 0.5) is 0 Å². The molecule has 20 heavy (non-hydrogen) atoms. The van der Waals surface area contributed by atoms with Crippen molar-refractivity contribution in [1.82, 2.24) is 0 Å². The van der Waals surface area contributed by atoms with Gasteiger partial charge in [0.1, 0.15) is 6.10 Å². The third-order valence-corrected chi connectivity index (χ3v) is 3.47. The summed E-state index contributed by atoms with van der Waals surface area (Å²) >= 11 is 0. The summed E-state index contributed by atoms with van der Waals surface area (Å²) in [5.74, 6) is -0.337. The van der Waals surface area contributed by atoms with E-state index < -0.39 is 0 Å². The van der Waals surface area contributed by atoms with Crippen molar-refractivity contribution in [2.24, 2.45) is 0 Å². The topological polar surface area (TPSA) is 50.1 Å². The van der Waals surface area contributed by atoms with Crippen LogP contribution in [0, 0.1) is 11.3 Å². The van der Waals surface area contributed by atoms with Gasteiger partial charge >= 0.3 is 5.97 Å². The third kappa shape index (κ3) is 2.41. The van der Waals surface area contributed by atoms with Gasteiger partial charge in [0, 0.05) is 5.57 Å². The molecule has 0 amide bonds. The Morgan fingerprint density at radius 1 is 1.20 bits per heavy atom. The number of benzene rings is 2. The second-order valence-electron chi connectivity index (χ2n) is 4.85. The van der Waals surface area contributed by atoms with Gasteiger partial charge in [-0.25, -0.2) is 4.79 Å². The lowest BCUT2D eigenvalue weighted by atomic mass is 10.1. The van der Waals surface area contributed by atoms with E-state index in [1.54, 1.807) is 12.1 Å². The normalized spacial score (nSPS) is 17.6. The predicted molar refractivity (Wildman–Crippen MR) is 76.1 cm³/mol. The van der Waals surface area contributed by atoms with Crippen LogP contribution >= 0.6 is 0 Å². The molecule has 2 aromatic rings. The molecular weight excluding hydrogens is 250 g/mol. The van der Waals surface area contributed by atoms with Gasteiger partial charge in [0.2, 0.25) is 0 Å². The molecule has 0 unspecified atom stereocenters. The van der Waals surface area contributed by atoms with Crippen molar-refractivity contribution in [1.29, 1.82) is 5.26 Å². The molecule has 98 valence electrons. The molecule has 0 saturated carbocycles. The largest absolute Gasteiger partial charge is 0.454 e. The Hall–Kier alpha value is -2.60. The highest BCUT2D eigenvalue weighted by Gasteiger charge is 2.20. The Morgan fingerprint density at radius 3 is 2.75 bits per heavy atom. The molecule has 0 heterocycles. The maximum atomic E-state index is 12.1. The summed E-state index contributed by atoms with van der Waals surface area (Å²) in [5, 5.41) is 10.9. The van der Waals surface area contributed by atoms with Gasteiger partial charge < -0.3 is 4.74 Å². The molecule has 1 atom stereocenters. The Morgan fingerprint density at radius 2 is 2.00 bits per heavy atom. The van der Waals surface area contributed by atoms with Crippen molar-refractivity contribution in [3.8, 4) is 6.07 Å². The summed E-state index contributed by atoms with van der Waals surface area (Å²) in [7, 11) is 0. The monoisotopic (exact) mass is 263 g/mol. The number of ether oxygens (including phenoxy) is 1. The third-order valence-electron chi connectivity index (χ3n) is 3.47. The fourth-order valence-electron chi connectivity index (χ4n) is 2.40. The van der Waals surface area contributed by atoms with Crippen LogP contribution in [0.1, 0.15) is 23.2 Å². The van der Waals surface area contributed by atoms with Gasteiger partial charge in [0.25, 0.3) is 0 Å². The fraction of sp³-hybridized carbons (Fsp3) is 0.176. The lowest BCUT2D eigenvalue weighted by molar-refractivity contribution is 0.0395. The van der Waals surface area contributed by atoms with Gasteiger partial charge in [-0.3, -0.25) is 0 Å². The van der Waals surface area contributed by atoms with E-state index >= 15 is 0 Å². The van der Waals surface area contributed by atoms with E-state index in [4.69, 9.17) is 10.00 Å². The summed E-state index contributed by atoms with van der Waals surface area (Å²) < 4.78 is 5.41. The van der Waals surface area contributed by atoms with E-state index in [2.05, 4.69) is 6.07 Å². The second kappa shape index (κ2) is 5.18. The number of allylic oxidation sites excluding steroid dienone is 1. The second-order valence-corrected chi connectivity index (χ2v) is 4.85. The van der Waals surface area contributed by atoms with Crippen LogP contribution in [0.3, 0.4) is 0 Å². The van der Waals surface area contributed by atoms with Crippen LogP contribution in [-0.2, 0) is 4.74 Å². The molecule has 0 aliphatic heterocycles. The molecule has 0 N–H and O–H groups in total. The first kappa shape index (κ1) is 12.4. The molecule has 2 aromatic carbocycles. The molecule has 0 spiro atoms. The molecule has 3 heteroatoms. The summed E-state index contributed by atoms with van der Waals surface area (Å²) in [6.45, 7) is 0. The van der Waals surface area contributed by atoms with E-state index in [1.165, 1.54) is 0 Å². The summed E-state index contributed by atoms with van der Waals surface area (Å²) in [6.07, 6.45) is 2.84. The lowest BCUT2D eigenvalue weighted by Crippen LogP contribution is -2.13. The van der Waals surface area contributed by atoms with Gasteiger partial charge in [-0.15, -0.1) is 0 Å². The molecule has 1 aliphatic carbocycles.